The summed E-state index contributed by atoms with van der Waals surface area (Å²) in [6.45, 7) is 2.30. The van der Waals surface area contributed by atoms with E-state index in [9.17, 15) is 5.11 Å². The zero-order valence-corrected chi connectivity index (χ0v) is 9.58. The van der Waals surface area contributed by atoms with Gasteiger partial charge in [-0.1, -0.05) is 24.3 Å². The van der Waals surface area contributed by atoms with Gasteiger partial charge in [0.15, 0.2) is 0 Å². The fourth-order valence-electron chi connectivity index (χ4n) is 2.28. The molecule has 0 aromatic heterocycles. The number of nitrogens with one attached hydrogen (secondary N) is 1. The van der Waals surface area contributed by atoms with Gasteiger partial charge in [-0.2, -0.15) is 0 Å². The first kappa shape index (κ1) is 11.6. The first-order chi connectivity index (χ1) is 7.72. The SMILES string of the molecule is NCc1ccc(CC2(O)CCCNC2)cc1. The van der Waals surface area contributed by atoms with Crippen LogP contribution >= 0.6 is 0 Å². The monoisotopic (exact) mass is 220 g/mol. The Morgan fingerprint density at radius 2 is 1.94 bits per heavy atom. The van der Waals surface area contributed by atoms with Crippen LogP contribution in [0.1, 0.15) is 24.0 Å². The molecule has 1 aliphatic heterocycles. The van der Waals surface area contributed by atoms with Crippen LogP contribution in [0.15, 0.2) is 24.3 Å². The van der Waals surface area contributed by atoms with Crippen LogP contribution in [0.3, 0.4) is 0 Å². The fourth-order valence-corrected chi connectivity index (χ4v) is 2.28. The lowest BCUT2D eigenvalue weighted by molar-refractivity contribution is 0.0169. The Kier molecular flexibility index (Phi) is 3.59. The molecule has 3 heteroatoms. The van der Waals surface area contributed by atoms with Gasteiger partial charge in [0.05, 0.1) is 5.60 Å². The Labute approximate surface area is 96.7 Å². The number of hydrogen-bond donors (Lipinski definition) is 3. The zero-order valence-electron chi connectivity index (χ0n) is 9.58. The summed E-state index contributed by atoms with van der Waals surface area (Å²) in [6.07, 6.45) is 2.67. The Balaban J connectivity index is 2.01. The highest BCUT2D eigenvalue weighted by atomic mass is 16.3. The molecule has 0 aliphatic carbocycles. The third-order valence-corrected chi connectivity index (χ3v) is 3.24. The zero-order chi connectivity index (χ0) is 11.4. The van der Waals surface area contributed by atoms with Crippen LogP contribution in [0.4, 0.5) is 0 Å². The molecule has 3 nitrogen and oxygen atoms in total. The molecule has 0 amide bonds. The standard InChI is InChI=1S/C13H20N2O/c14-9-12-4-2-11(3-5-12)8-13(16)6-1-7-15-10-13/h2-5,15-16H,1,6-10,14H2. The molecule has 0 spiro atoms. The first-order valence-electron chi connectivity index (χ1n) is 5.93. The van der Waals surface area contributed by atoms with Crippen molar-refractivity contribution in [3.05, 3.63) is 35.4 Å². The minimum Gasteiger partial charge on any atom is -0.388 e. The number of rotatable bonds is 3. The van der Waals surface area contributed by atoms with Gasteiger partial charge in [-0.3, -0.25) is 0 Å². The maximum absolute atomic E-state index is 10.4. The van der Waals surface area contributed by atoms with E-state index < -0.39 is 5.60 Å². The van der Waals surface area contributed by atoms with Gasteiger partial charge in [0, 0.05) is 19.5 Å². The smallest absolute Gasteiger partial charge is 0.0812 e. The molecular weight excluding hydrogens is 200 g/mol. The number of nitrogens with two attached hydrogens (primary N) is 1. The maximum Gasteiger partial charge on any atom is 0.0812 e. The third-order valence-electron chi connectivity index (χ3n) is 3.24. The molecule has 0 bridgehead atoms. The topological polar surface area (TPSA) is 58.3 Å². The van der Waals surface area contributed by atoms with Crippen molar-refractivity contribution in [1.29, 1.82) is 0 Å². The number of hydrogen-bond acceptors (Lipinski definition) is 3. The van der Waals surface area contributed by atoms with Crippen LogP contribution in [0.5, 0.6) is 0 Å². The van der Waals surface area contributed by atoms with E-state index in [1.807, 2.05) is 12.1 Å². The van der Waals surface area contributed by atoms with Crippen LogP contribution in [0.25, 0.3) is 0 Å². The molecular formula is C13H20N2O. The molecule has 1 aromatic rings. The van der Waals surface area contributed by atoms with E-state index in [0.717, 1.165) is 31.4 Å². The Bertz CT molecular complexity index is 328. The summed E-state index contributed by atoms with van der Waals surface area (Å²) in [5, 5.41) is 13.6. The maximum atomic E-state index is 10.4. The van der Waals surface area contributed by atoms with E-state index in [0.29, 0.717) is 13.1 Å². The van der Waals surface area contributed by atoms with Gasteiger partial charge in [0.2, 0.25) is 0 Å². The second kappa shape index (κ2) is 4.95. The van der Waals surface area contributed by atoms with E-state index in [-0.39, 0.29) is 0 Å². The molecule has 1 aliphatic rings. The molecule has 1 fully saturated rings. The van der Waals surface area contributed by atoms with Gasteiger partial charge >= 0.3 is 0 Å². The van der Waals surface area contributed by atoms with E-state index in [1.165, 1.54) is 5.56 Å². The molecule has 2 rings (SSSR count). The molecule has 1 saturated heterocycles. The molecule has 1 atom stereocenters. The van der Waals surface area contributed by atoms with Gasteiger partial charge in [-0.05, 0) is 30.5 Å². The van der Waals surface area contributed by atoms with Crippen molar-refractivity contribution in [1.82, 2.24) is 5.32 Å². The molecule has 4 N–H and O–H groups in total. The third kappa shape index (κ3) is 2.82. The molecule has 88 valence electrons. The molecule has 1 heterocycles. The van der Waals surface area contributed by atoms with Crippen molar-refractivity contribution in [3.8, 4) is 0 Å². The van der Waals surface area contributed by atoms with Gasteiger partial charge in [-0.15, -0.1) is 0 Å². The normalized spacial score (nSPS) is 25.6. The van der Waals surface area contributed by atoms with Crippen LogP contribution in [0, 0.1) is 0 Å². The fraction of sp³-hybridized carbons (Fsp3) is 0.538. The Hall–Kier alpha value is -0.900. The summed E-state index contributed by atoms with van der Waals surface area (Å²) in [4.78, 5) is 0. The summed E-state index contributed by atoms with van der Waals surface area (Å²) in [5.74, 6) is 0. The second-order valence-electron chi connectivity index (χ2n) is 4.70. The minimum atomic E-state index is -0.567. The van der Waals surface area contributed by atoms with Crippen LogP contribution in [-0.2, 0) is 13.0 Å². The molecule has 1 aromatic carbocycles. The number of piperidine rings is 1. The predicted octanol–water partition coefficient (Wildman–Crippen LogP) is 0.802. The van der Waals surface area contributed by atoms with Crippen molar-refractivity contribution in [3.63, 3.8) is 0 Å². The lowest BCUT2D eigenvalue weighted by Crippen LogP contribution is -2.47. The van der Waals surface area contributed by atoms with Crippen molar-refractivity contribution in [2.24, 2.45) is 5.73 Å². The highest BCUT2D eigenvalue weighted by Gasteiger charge is 2.28. The summed E-state index contributed by atoms with van der Waals surface area (Å²) in [6, 6.07) is 8.20. The van der Waals surface area contributed by atoms with Gasteiger partial charge < -0.3 is 16.2 Å². The summed E-state index contributed by atoms with van der Waals surface area (Å²) >= 11 is 0. The van der Waals surface area contributed by atoms with Crippen molar-refractivity contribution in [2.75, 3.05) is 13.1 Å². The van der Waals surface area contributed by atoms with Crippen molar-refractivity contribution < 1.29 is 5.11 Å². The predicted molar refractivity (Wildman–Crippen MR) is 65.1 cm³/mol. The van der Waals surface area contributed by atoms with Gasteiger partial charge in [-0.25, -0.2) is 0 Å². The highest BCUT2D eigenvalue weighted by molar-refractivity contribution is 5.24. The van der Waals surface area contributed by atoms with E-state index in [4.69, 9.17) is 5.73 Å². The van der Waals surface area contributed by atoms with E-state index >= 15 is 0 Å². The van der Waals surface area contributed by atoms with Crippen LogP contribution in [-0.4, -0.2) is 23.8 Å². The average molecular weight is 220 g/mol. The van der Waals surface area contributed by atoms with Crippen molar-refractivity contribution in [2.45, 2.75) is 31.4 Å². The molecule has 16 heavy (non-hydrogen) atoms. The molecule has 1 unspecified atom stereocenters. The number of benzene rings is 1. The lowest BCUT2D eigenvalue weighted by atomic mass is 9.87. The van der Waals surface area contributed by atoms with E-state index in [1.54, 1.807) is 0 Å². The van der Waals surface area contributed by atoms with Gasteiger partial charge in [0.25, 0.3) is 0 Å². The minimum absolute atomic E-state index is 0.567. The summed E-state index contributed by atoms with van der Waals surface area (Å²) < 4.78 is 0. The quantitative estimate of drug-likeness (QED) is 0.706. The molecule has 0 saturated carbocycles. The average Bonchev–Trinajstić information content (AvgIpc) is 2.30. The number of aliphatic hydroxyl groups is 1. The molecule has 0 radical (unpaired) electrons. The lowest BCUT2D eigenvalue weighted by Gasteiger charge is -2.32. The Morgan fingerprint density at radius 3 is 2.50 bits per heavy atom. The Morgan fingerprint density at radius 1 is 1.25 bits per heavy atom. The summed E-state index contributed by atoms with van der Waals surface area (Å²) in [7, 11) is 0. The van der Waals surface area contributed by atoms with Crippen LogP contribution in [0.2, 0.25) is 0 Å². The second-order valence-corrected chi connectivity index (χ2v) is 4.70. The van der Waals surface area contributed by atoms with Gasteiger partial charge in [0.1, 0.15) is 0 Å². The largest absolute Gasteiger partial charge is 0.388 e. The number of β-amino-alcohol motifs (C(OH)–C–C–N with tert-alkyl or cyclic N) is 1. The highest BCUT2D eigenvalue weighted by Crippen LogP contribution is 2.21. The first-order valence-corrected chi connectivity index (χ1v) is 5.93. The summed E-state index contributed by atoms with van der Waals surface area (Å²) in [5.41, 5.74) is 7.30. The van der Waals surface area contributed by atoms with Crippen molar-refractivity contribution >= 4 is 0 Å². The van der Waals surface area contributed by atoms with Crippen LogP contribution < -0.4 is 11.1 Å². The van der Waals surface area contributed by atoms with E-state index in [2.05, 4.69) is 17.4 Å².